The smallest absolute Gasteiger partial charge is 0.320 e. The van der Waals surface area contributed by atoms with Crippen LogP contribution in [-0.4, -0.2) is 17.1 Å². The van der Waals surface area contributed by atoms with Crippen molar-refractivity contribution >= 4 is 5.97 Å². The average Bonchev–Trinajstić information content (AvgIpc) is 2.17. The van der Waals surface area contributed by atoms with E-state index in [4.69, 9.17) is 12.2 Å². The number of hydrogen-bond acceptors (Lipinski definition) is 2. The molecule has 0 aliphatic heterocycles. The summed E-state index contributed by atoms with van der Waals surface area (Å²) in [4.78, 5) is 10.5. The maximum atomic E-state index is 10.5. The summed E-state index contributed by atoms with van der Waals surface area (Å²) in [5.41, 5.74) is 5.93. The SMILES string of the molecule is [2H][C@H](c1ccccc1)[C@H]([15NH2])C(=O)O. The highest BCUT2D eigenvalue weighted by atomic mass is 16.4. The van der Waals surface area contributed by atoms with E-state index >= 15 is 0 Å². The van der Waals surface area contributed by atoms with Gasteiger partial charge in [-0.25, -0.2) is 0 Å². The third-order valence-electron chi connectivity index (χ3n) is 1.46. The van der Waals surface area contributed by atoms with Crippen LogP contribution >= 0.6 is 0 Å². The minimum absolute atomic E-state index is 0.623. The third-order valence-corrected chi connectivity index (χ3v) is 1.46. The maximum Gasteiger partial charge on any atom is 0.320 e. The number of carbonyl (C=O) groups is 1. The number of rotatable bonds is 3. The number of hydrogen-bond donors (Lipinski definition) is 2. The predicted octanol–water partition coefficient (Wildman–Crippen LogP) is 0.641. The van der Waals surface area contributed by atoms with E-state index in [2.05, 4.69) is 0 Å². The Labute approximate surface area is 72.2 Å². The van der Waals surface area contributed by atoms with Crippen molar-refractivity contribution in [3.05, 3.63) is 35.9 Å². The van der Waals surface area contributed by atoms with Crippen molar-refractivity contribution < 1.29 is 11.3 Å². The zero-order valence-corrected chi connectivity index (χ0v) is 6.47. The maximum absolute atomic E-state index is 10.5. The molecule has 0 aromatic heterocycles. The number of nitrogens with two attached hydrogens (primary N) is 1. The number of aliphatic carboxylic acids is 1. The van der Waals surface area contributed by atoms with Crippen molar-refractivity contribution in [2.24, 2.45) is 5.73 Å². The topological polar surface area (TPSA) is 63.3 Å². The fourth-order valence-corrected chi connectivity index (χ4v) is 0.843. The fraction of sp³-hybridized carbons (Fsp3) is 0.222. The van der Waals surface area contributed by atoms with Crippen LogP contribution in [0.25, 0.3) is 0 Å². The summed E-state index contributed by atoms with van der Waals surface area (Å²) in [5.74, 6) is -1.15. The molecule has 0 amide bonds. The van der Waals surface area contributed by atoms with Crippen LogP contribution in [0.5, 0.6) is 0 Å². The Morgan fingerprint density at radius 3 is 2.67 bits per heavy atom. The standard InChI is InChI=1S/C9H11NO2/c10-8(9(11)12)6-7-4-2-1-3-5-7/h1-5,8H,6,10H2,(H,11,12)/t8-/m0/s1/i6D,10+1/t6-,8+/m1. The van der Waals surface area contributed by atoms with Crippen LogP contribution < -0.4 is 5.73 Å². The van der Waals surface area contributed by atoms with E-state index in [1.54, 1.807) is 24.3 Å². The van der Waals surface area contributed by atoms with E-state index < -0.39 is 18.4 Å². The normalized spacial score (nSPS) is 16.2. The fourth-order valence-electron chi connectivity index (χ4n) is 0.843. The molecule has 0 aliphatic carbocycles. The number of carboxylic acid groups (broad SMARTS) is 1. The van der Waals surface area contributed by atoms with Crippen LogP contribution in [0.1, 0.15) is 6.93 Å². The van der Waals surface area contributed by atoms with Crippen LogP contribution in [0.4, 0.5) is 0 Å². The summed E-state index contributed by atoms with van der Waals surface area (Å²) in [6, 6.07) is 7.54. The van der Waals surface area contributed by atoms with Gasteiger partial charge in [-0.1, -0.05) is 30.3 Å². The van der Waals surface area contributed by atoms with Crippen molar-refractivity contribution in [1.82, 2.24) is 0 Å². The van der Waals surface area contributed by atoms with Crippen molar-refractivity contribution in [3.8, 4) is 0 Å². The zero-order chi connectivity index (χ0) is 9.84. The van der Waals surface area contributed by atoms with Crippen LogP contribution in [0, 0.1) is 0 Å². The van der Waals surface area contributed by atoms with Gasteiger partial charge < -0.3 is 10.8 Å². The van der Waals surface area contributed by atoms with Gasteiger partial charge in [-0.2, -0.15) is 0 Å². The molecule has 3 nitrogen and oxygen atoms in total. The number of carboxylic acids is 1. The van der Waals surface area contributed by atoms with Gasteiger partial charge in [-0.05, 0) is 12.0 Å². The molecular weight excluding hydrogens is 155 g/mol. The van der Waals surface area contributed by atoms with Crippen LogP contribution in [-0.2, 0) is 11.2 Å². The largest absolute Gasteiger partial charge is 0.480 e. The summed E-state index contributed by atoms with van der Waals surface area (Å²) in [6.45, 7) is 0. The number of benzene rings is 1. The van der Waals surface area contributed by atoms with E-state index in [0.717, 1.165) is 0 Å². The van der Waals surface area contributed by atoms with Crippen molar-refractivity contribution in [2.45, 2.75) is 12.4 Å². The Kier molecular flexibility index (Phi) is 2.36. The molecule has 1 rings (SSSR count). The molecule has 0 bridgehead atoms. The Hall–Kier alpha value is -1.35. The minimum Gasteiger partial charge on any atom is -0.480 e. The van der Waals surface area contributed by atoms with E-state index in [0.29, 0.717) is 5.56 Å². The first kappa shape index (κ1) is 7.31. The lowest BCUT2D eigenvalue weighted by atomic mass is 10.1. The lowest BCUT2D eigenvalue weighted by Crippen LogP contribution is -2.32. The van der Waals surface area contributed by atoms with E-state index in [-0.39, 0.29) is 0 Å². The summed E-state index contributed by atoms with van der Waals surface area (Å²) in [7, 11) is 0. The highest BCUT2D eigenvalue weighted by Crippen LogP contribution is 2.01. The minimum atomic E-state index is -1.16. The van der Waals surface area contributed by atoms with Gasteiger partial charge in [0, 0.05) is 1.37 Å². The van der Waals surface area contributed by atoms with Gasteiger partial charge in [-0.15, -0.1) is 0 Å². The molecule has 0 saturated heterocycles. The monoisotopic (exact) mass is 167 g/mol. The molecule has 0 saturated carbocycles. The summed E-state index contributed by atoms with van der Waals surface area (Å²) >= 11 is 0. The molecule has 3 N–H and O–H groups in total. The lowest BCUT2D eigenvalue weighted by molar-refractivity contribution is -0.138. The molecule has 0 radical (unpaired) electrons. The molecule has 64 valence electrons. The molecule has 0 fully saturated rings. The Bertz CT molecular complexity index is 289. The predicted molar refractivity (Wildman–Crippen MR) is 45.8 cm³/mol. The Morgan fingerprint density at radius 1 is 1.58 bits per heavy atom. The molecule has 0 heterocycles. The first-order valence-electron chi connectivity index (χ1n) is 4.16. The van der Waals surface area contributed by atoms with E-state index in [1.807, 2.05) is 6.07 Å². The molecular formula is C9H11NO2. The summed E-state index contributed by atoms with van der Waals surface area (Å²) in [5, 5.41) is 8.57. The Balaban J connectivity index is 2.79. The van der Waals surface area contributed by atoms with Gasteiger partial charge in [0.25, 0.3) is 0 Å². The first-order valence-corrected chi connectivity index (χ1v) is 3.58. The van der Waals surface area contributed by atoms with Gasteiger partial charge in [0.2, 0.25) is 0 Å². The second-order valence-electron chi connectivity index (χ2n) is 2.44. The van der Waals surface area contributed by atoms with Gasteiger partial charge in [0.1, 0.15) is 6.04 Å². The summed E-state index contributed by atoms with van der Waals surface area (Å²) < 4.78 is 7.54. The molecule has 0 unspecified atom stereocenters. The van der Waals surface area contributed by atoms with Gasteiger partial charge in [-0.3, -0.25) is 4.79 Å². The first-order chi connectivity index (χ1) is 6.13. The van der Waals surface area contributed by atoms with Crippen molar-refractivity contribution in [3.63, 3.8) is 0 Å². The molecule has 2 atom stereocenters. The van der Waals surface area contributed by atoms with Crippen LogP contribution in [0.3, 0.4) is 0 Å². The van der Waals surface area contributed by atoms with Crippen molar-refractivity contribution in [2.75, 3.05) is 0 Å². The highest BCUT2D eigenvalue weighted by molar-refractivity contribution is 5.73. The molecule has 3 heteroatoms. The zero-order valence-electron chi connectivity index (χ0n) is 7.47. The van der Waals surface area contributed by atoms with Gasteiger partial charge in [0.15, 0.2) is 0 Å². The van der Waals surface area contributed by atoms with E-state index in [1.165, 1.54) is 0 Å². The highest BCUT2D eigenvalue weighted by Gasteiger charge is 2.10. The summed E-state index contributed by atoms with van der Waals surface area (Å²) in [6.07, 6.45) is -0.904. The second kappa shape index (κ2) is 3.88. The molecule has 12 heavy (non-hydrogen) atoms. The van der Waals surface area contributed by atoms with Crippen LogP contribution in [0.15, 0.2) is 30.3 Å². The lowest BCUT2D eigenvalue weighted by Gasteiger charge is -2.04. The van der Waals surface area contributed by atoms with Gasteiger partial charge >= 0.3 is 5.97 Å². The quantitative estimate of drug-likeness (QED) is 0.649. The molecule has 1 aromatic rings. The molecule has 0 aliphatic rings. The molecule has 1 aromatic carbocycles. The average molecular weight is 167 g/mol. The molecule has 0 spiro atoms. The van der Waals surface area contributed by atoms with Crippen molar-refractivity contribution in [1.29, 1.82) is 0 Å². The Morgan fingerprint density at radius 2 is 2.17 bits per heavy atom. The van der Waals surface area contributed by atoms with Gasteiger partial charge in [0.05, 0.1) is 0 Å². The van der Waals surface area contributed by atoms with Crippen LogP contribution in [0.2, 0.25) is 0 Å². The second-order valence-corrected chi connectivity index (χ2v) is 2.44. The third kappa shape index (κ3) is 2.36. The van der Waals surface area contributed by atoms with E-state index in [9.17, 15) is 4.79 Å².